The number of nitrogens with two attached hydrogens (primary N) is 1. The number of aliphatic hydroxyl groups is 1. The third-order valence-electron chi connectivity index (χ3n) is 3.80. The summed E-state index contributed by atoms with van der Waals surface area (Å²) in [6.45, 7) is 0.523. The first-order valence-electron chi connectivity index (χ1n) is 6.91. The summed E-state index contributed by atoms with van der Waals surface area (Å²) in [5.41, 5.74) is -5.62. The lowest BCUT2D eigenvalue weighted by Crippen LogP contribution is -2.55. The normalized spacial score (nSPS) is 14.2. The van der Waals surface area contributed by atoms with Gasteiger partial charge in [-0.1, -0.05) is 0 Å². The molecule has 0 aromatic heterocycles. The van der Waals surface area contributed by atoms with Gasteiger partial charge in [0.15, 0.2) is 11.6 Å². The lowest BCUT2D eigenvalue weighted by Gasteiger charge is -2.36. The lowest BCUT2D eigenvalue weighted by molar-refractivity contribution is -0.376. The maximum absolute atomic E-state index is 14.3. The Morgan fingerprint density at radius 2 is 1.56 bits per heavy atom. The van der Waals surface area contributed by atoms with E-state index in [4.69, 9.17) is 10.8 Å². The summed E-state index contributed by atoms with van der Waals surface area (Å²) in [4.78, 5) is 10.8. The van der Waals surface area contributed by atoms with Crippen LogP contribution in [0.1, 0.15) is 16.7 Å². The van der Waals surface area contributed by atoms with E-state index in [1.165, 1.54) is 0 Å². The molecule has 1 aromatic rings. The largest absolute Gasteiger partial charge is 0.493 e. The first-order chi connectivity index (χ1) is 12.0. The van der Waals surface area contributed by atoms with Crippen molar-refractivity contribution in [3.8, 4) is 5.75 Å². The Labute approximate surface area is 146 Å². The van der Waals surface area contributed by atoms with Gasteiger partial charge in [0.25, 0.3) is 5.60 Å². The third-order valence-corrected chi connectivity index (χ3v) is 3.80. The Hall–Kier alpha value is -2.15. The van der Waals surface area contributed by atoms with Crippen LogP contribution in [0.15, 0.2) is 0 Å². The molecule has 0 aliphatic carbocycles. The van der Waals surface area contributed by atoms with Gasteiger partial charge in [-0.15, -0.1) is 0 Å². The monoisotopic (exact) mass is 411 g/mol. The van der Waals surface area contributed by atoms with Crippen LogP contribution in [0.25, 0.3) is 0 Å². The van der Waals surface area contributed by atoms with E-state index in [1.54, 1.807) is 0 Å². The smallest absolute Gasteiger partial charge is 0.430 e. The van der Waals surface area contributed by atoms with Crippen LogP contribution in [0.2, 0.25) is 0 Å². The van der Waals surface area contributed by atoms with Gasteiger partial charge in [-0.2, -0.15) is 30.7 Å². The van der Waals surface area contributed by atoms with E-state index < -0.39 is 70.5 Å². The van der Waals surface area contributed by atoms with Crippen molar-refractivity contribution in [1.82, 2.24) is 0 Å². The number of aliphatic carboxylic acids is 1. The Morgan fingerprint density at radius 3 is 1.89 bits per heavy atom. The van der Waals surface area contributed by atoms with Crippen LogP contribution in [-0.4, -0.2) is 41.7 Å². The Kier molecular flexibility index (Phi) is 6.03. The van der Waals surface area contributed by atoms with E-state index in [1.807, 2.05) is 0 Å². The third kappa shape index (κ3) is 3.65. The van der Waals surface area contributed by atoms with Gasteiger partial charge in [-0.25, -0.2) is 4.39 Å². The predicted molar refractivity (Wildman–Crippen MR) is 73.0 cm³/mol. The van der Waals surface area contributed by atoms with Crippen LogP contribution in [0.4, 0.5) is 35.1 Å². The van der Waals surface area contributed by atoms with Gasteiger partial charge in [0.05, 0.1) is 7.11 Å². The molecule has 0 aliphatic heterocycles. The molecule has 1 aromatic carbocycles. The summed E-state index contributed by atoms with van der Waals surface area (Å²) in [6, 6.07) is -2.18. The van der Waals surface area contributed by atoms with Crippen LogP contribution >= 0.6 is 0 Å². The fourth-order valence-electron chi connectivity index (χ4n) is 2.52. The first-order valence-corrected chi connectivity index (χ1v) is 6.91. The molecule has 0 heterocycles. The molecule has 13 heteroatoms. The highest BCUT2D eigenvalue weighted by Crippen LogP contribution is 2.53. The minimum Gasteiger partial charge on any atom is -0.493 e. The molecule has 0 saturated carbocycles. The van der Waals surface area contributed by atoms with E-state index in [0.717, 1.165) is 0 Å². The lowest BCUT2D eigenvalue weighted by atomic mass is 9.82. The van der Waals surface area contributed by atoms with Gasteiger partial charge in [-0.05, 0) is 6.92 Å². The standard InChI is InChI=1S/C14H13F8NO4/c1-4-7(12(26,13(17,18)19)14(20,21)22)5(3-6(23)11(24)25)8(15)9(16)10(4)27-2/h6,26H,3,23H2,1-2H3,(H,24,25). The van der Waals surface area contributed by atoms with Crippen molar-refractivity contribution in [3.05, 3.63) is 28.3 Å². The molecular formula is C14H13F8NO4. The number of hydrogen-bond donors (Lipinski definition) is 3. The van der Waals surface area contributed by atoms with Crippen LogP contribution in [-0.2, 0) is 16.8 Å². The van der Waals surface area contributed by atoms with Crippen molar-refractivity contribution in [2.45, 2.75) is 37.3 Å². The highest BCUT2D eigenvalue weighted by molar-refractivity contribution is 5.73. The molecule has 1 rings (SSSR count). The molecule has 1 atom stereocenters. The highest BCUT2D eigenvalue weighted by Gasteiger charge is 2.72. The number of carboxylic acids is 1. The highest BCUT2D eigenvalue weighted by atomic mass is 19.4. The number of halogens is 8. The first kappa shape index (κ1) is 22.9. The quantitative estimate of drug-likeness (QED) is 0.648. The molecular weight excluding hydrogens is 398 g/mol. The van der Waals surface area contributed by atoms with Crippen molar-refractivity contribution >= 4 is 5.97 Å². The number of methoxy groups -OCH3 is 1. The molecule has 0 bridgehead atoms. The number of carboxylic acid groups (broad SMARTS) is 1. The van der Waals surface area contributed by atoms with Crippen molar-refractivity contribution in [3.63, 3.8) is 0 Å². The number of benzene rings is 1. The average Bonchev–Trinajstić information content (AvgIpc) is 2.50. The second-order valence-corrected chi connectivity index (χ2v) is 5.49. The van der Waals surface area contributed by atoms with Gasteiger partial charge in [-0.3, -0.25) is 4.79 Å². The average molecular weight is 411 g/mol. The molecule has 154 valence electrons. The van der Waals surface area contributed by atoms with Gasteiger partial charge in [0.1, 0.15) is 6.04 Å². The van der Waals surface area contributed by atoms with Gasteiger partial charge in [0, 0.05) is 23.1 Å². The molecule has 0 saturated heterocycles. The minimum atomic E-state index is -6.42. The summed E-state index contributed by atoms with van der Waals surface area (Å²) >= 11 is 0. The molecule has 0 fully saturated rings. The molecule has 4 N–H and O–H groups in total. The Morgan fingerprint density at radius 1 is 1.11 bits per heavy atom. The Bertz CT molecular complexity index is 730. The topological polar surface area (TPSA) is 92.8 Å². The van der Waals surface area contributed by atoms with Gasteiger partial charge < -0.3 is 20.7 Å². The summed E-state index contributed by atoms with van der Waals surface area (Å²) < 4.78 is 112. The molecule has 0 spiro atoms. The van der Waals surface area contributed by atoms with Gasteiger partial charge >= 0.3 is 18.3 Å². The van der Waals surface area contributed by atoms with E-state index in [2.05, 4.69) is 4.74 Å². The second-order valence-electron chi connectivity index (χ2n) is 5.49. The summed E-state index contributed by atoms with van der Waals surface area (Å²) in [7, 11) is 0.650. The van der Waals surface area contributed by atoms with E-state index >= 15 is 0 Å². The van der Waals surface area contributed by atoms with E-state index in [0.29, 0.717) is 14.0 Å². The van der Waals surface area contributed by atoms with E-state index in [9.17, 15) is 45.0 Å². The SMILES string of the molecule is COc1c(C)c(C(O)(C(F)(F)F)C(F)(F)F)c(CC(N)C(=O)O)c(F)c1F. The maximum Gasteiger partial charge on any atom is 0.430 e. The molecule has 0 radical (unpaired) electrons. The molecule has 0 aliphatic rings. The second kappa shape index (κ2) is 7.11. The van der Waals surface area contributed by atoms with Crippen LogP contribution in [0.3, 0.4) is 0 Å². The zero-order valence-corrected chi connectivity index (χ0v) is 13.6. The fourth-order valence-corrected chi connectivity index (χ4v) is 2.52. The Balaban J connectivity index is 4.09. The number of alkyl halides is 6. The molecule has 27 heavy (non-hydrogen) atoms. The predicted octanol–water partition coefficient (Wildman–Crippen LogP) is 2.55. The van der Waals surface area contributed by atoms with Crippen molar-refractivity contribution in [1.29, 1.82) is 0 Å². The van der Waals surface area contributed by atoms with Crippen LogP contribution < -0.4 is 10.5 Å². The van der Waals surface area contributed by atoms with Crippen molar-refractivity contribution < 1.29 is 54.9 Å². The zero-order chi connectivity index (χ0) is 21.5. The molecule has 0 amide bonds. The fraction of sp³-hybridized carbons (Fsp3) is 0.500. The summed E-state index contributed by atoms with van der Waals surface area (Å²) in [5, 5.41) is 18.3. The van der Waals surface area contributed by atoms with Crippen molar-refractivity contribution in [2.24, 2.45) is 5.73 Å². The van der Waals surface area contributed by atoms with Crippen molar-refractivity contribution in [2.75, 3.05) is 7.11 Å². The number of hydrogen-bond acceptors (Lipinski definition) is 4. The number of carbonyl (C=O) groups is 1. The summed E-state index contributed by atoms with van der Waals surface area (Å²) in [5.74, 6) is -7.44. The van der Waals surface area contributed by atoms with Crippen LogP contribution in [0.5, 0.6) is 5.75 Å². The van der Waals surface area contributed by atoms with Gasteiger partial charge in [0.2, 0.25) is 5.82 Å². The summed E-state index contributed by atoms with van der Waals surface area (Å²) in [6.07, 6.45) is -14.3. The van der Waals surface area contributed by atoms with E-state index in [-0.39, 0.29) is 0 Å². The molecule has 1 unspecified atom stereocenters. The molecule has 5 nitrogen and oxygen atoms in total. The minimum absolute atomic E-state index is 0.523. The van der Waals surface area contributed by atoms with Crippen LogP contribution in [0, 0.1) is 18.6 Å². The zero-order valence-electron chi connectivity index (χ0n) is 13.6. The number of rotatable bonds is 5. The number of ether oxygens (including phenoxy) is 1. The maximum atomic E-state index is 14.3.